The van der Waals surface area contributed by atoms with Crippen LogP contribution < -0.4 is 4.90 Å². The first-order valence-corrected chi connectivity index (χ1v) is 6.43. The largest absolute Gasteiger partial charge is 0.332 e. The lowest BCUT2D eigenvalue weighted by atomic mass is 10.1. The smallest absolute Gasteiger partial charge is 0.311 e. The molecule has 0 N–H and O–H groups in total. The van der Waals surface area contributed by atoms with E-state index in [1.165, 1.54) is 9.80 Å². The van der Waals surface area contributed by atoms with Gasteiger partial charge in [0, 0.05) is 11.9 Å². The summed E-state index contributed by atoms with van der Waals surface area (Å²) in [4.78, 5) is 27.2. The number of rotatable bonds is 3. The molecule has 0 aliphatic carbocycles. The number of carbonyl (C=O) groups excluding carboxylic acids is 2. The lowest BCUT2D eigenvalue weighted by Crippen LogP contribution is -2.33. The number of amides is 3. The van der Waals surface area contributed by atoms with Gasteiger partial charge in [0.25, 0.3) is 5.91 Å². The van der Waals surface area contributed by atoms with Gasteiger partial charge in [0.2, 0.25) is 0 Å². The average molecular weight is 266 g/mol. The molecule has 2 aromatic carbocycles. The molecule has 0 unspecified atom stereocenters. The van der Waals surface area contributed by atoms with Crippen LogP contribution in [0.4, 0.5) is 10.5 Å². The van der Waals surface area contributed by atoms with Gasteiger partial charge in [0.05, 0.1) is 5.69 Å². The second-order valence-corrected chi connectivity index (χ2v) is 4.68. The van der Waals surface area contributed by atoms with Gasteiger partial charge in [-0.05, 0) is 11.5 Å². The third-order valence-electron chi connectivity index (χ3n) is 3.39. The third-order valence-corrected chi connectivity index (χ3v) is 3.39. The highest BCUT2D eigenvalue weighted by atomic mass is 16.2. The number of hydrogen-bond acceptors (Lipinski definition) is 2. The van der Waals surface area contributed by atoms with Crippen LogP contribution >= 0.6 is 0 Å². The zero-order valence-electron chi connectivity index (χ0n) is 11.0. The Kier molecular flexibility index (Phi) is 2.99. The topological polar surface area (TPSA) is 40.6 Å². The molecular weight excluding hydrogens is 252 g/mol. The van der Waals surface area contributed by atoms with Crippen molar-refractivity contribution in [2.24, 2.45) is 0 Å². The molecule has 4 nitrogen and oxygen atoms in total. The Morgan fingerprint density at radius 1 is 1.10 bits per heavy atom. The maximum atomic E-state index is 12.3. The first-order chi connectivity index (χ1) is 9.72. The van der Waals surface area contributed by atoms with Gasteiger partial charge in [-0.25, -0.2) is 9.69 Å². The van der Waals surface area contributed by atoms with Gasteiger partial charge < -0.3 is 4.90 Å². The van der Waals surface area contributed by atoms with Gasteiger partial charge in [-0.3, -0.25) is 4.79 Å². The van der Waals surface area contributed by atoms with Crippen LogP contribution in [0.2, 0.25) is 0 Å². The molecule has 3 amide bonds. The molecule has 0 atom stereocenters. The van der Waals surface area contributed by atoms with E-state index in [1.54, 1.807) is 12.1 Å². The van der Waals surface area contributed by atoms with Crippen LogP contribution in [0.1, 0.15) is 0 Å². The summed E-state index contributed by atoms with van der Waals surface area (Å²) in [7, 11) is 0. The number of hydrogen-bond donors (Lipinski definition) is 0. The van der Waals surface area contributed by atoms with Gasteiger partial charge in [0.1, 0.15) is 6.54 Å². The van der Waals surface area contributed by atoms with Crippen LogP contribution in [-0.2, 0) is 4.79 Å². The van der Waals surface area contributed by atoms with Crippen LogP contribution in [0, 0.1) is 0 Å². The minimum atomic E-state index is -0.286. The molecule has 1 aliphatic heterocycles. The van der Waals surface area contributed by atoms with Crippen LogP contribution in [0.3, 0.4) is 0 Å². The summed E-state index contributed by atoms with van der Waals surface area (Å²) in [5.41, 5.74) is 0.643. The van der Waals surface area contributed by atoms with Crippen LogP contribution in [0.5, 0.6) is 0 Å². The van der Waals surface area contributed by atoms with Crippen molar-refractivity contribution in [1.82, 2.24) is 4.90 Å². The number of imide groups is 1. The van der Waals surface area contributed by atoms with E-state index >= 15 is 0 Å². The average Bonchev–Trinajstić information content (AvgIpc) is 2.74. The summed E-state index contributed by atoms with van der Waals surface area (Å²) in [6, 6.07) is 13.1. The maximum Gasteiger partial charge on any atom is 0.332 e. The first-order valence-electron chi connectivity index (χ1n) is 6.43. The van der Waals surface area contributed by atoms with Crippen molar-refractivity contribution in [2.45, 2.75) is 0 Å². The Hall–Kier alpha value is -2.62. The molecule has 0 bridgehead atoms. The molecule has 0 radical (unpaired) electrons. The van der Waals surface area contributed by atoms with E-state index in [0.29, 0.717) is 12.2 Å². The number of nitrogens with zero attached hydrogens (tertiary/aromatic N) is 2. The molecule has 3 rings (SSSR count). The van der Waals surface area contributed by atoms with Crippen molar-refractivity contribution < 1.29 is 9.59 Å². The van der Waals surface area contributed by atoms with E-state index in [4.69, 9.17) is 0 Å². The van der Waals surface area contributed by atoms with Crippen molar-refractivity contribution in [3.63, 3.8) is 0 Å². The zero-order chi connectivity index (χ0) is 14.1. The summed E-state index contributed by atoms with van der Waals surface area (Å²) in [6.45, 7) is 4.09. The van der Waals surface area contributed by atoms with Gasteiger partial charge in [-0.2, -0.15) is 0 Å². The van der Waals surface area contributed by atoms with E-state index in [1.807, 2.05) is 36.4 Å². The molecule has 1 aliphatic rings. The monoisotopic (exact) mass is 266 g/mol. The minimum absolute atomic E-state index is 0.105. The van der Waals surface area contributed by atoms with Gasteiger partial charge >= 0.3 is 6.03 Å². The molecule has 0 spiro atoms. The van der Waals surface area contributed by atoms with Crippen molar-refractivity contribution in [1.29, 1.82) is 0 Å². The van der Waals surface area contributed by atoms with Gasteiger partial charge in [-0.1, -0.05) is 42.5 Å². The molecule has 1 fully saturated rings. The highest BCUT2D eigenvalue weighted by Crippen LogP contribution is 2.29. The Bertz CT molecular complexity index is 703. The van der Waals surface area contributed by atoms with Crippen LogP contribution in [-0.4, -0.2) is 29.9 Å². The first kappa shape index (κ1) is 12.4. The van der Waals surface area contributed by atoms with Crippen LogP contribution in [0.15, 0.2) is 55.1 Å². The Labute approximate surface area is 116 Å². The van der Waals surface area contributed by atoms with E-state index < -0.39 is 0 Å². The van der Waals surface area contributed by atoms with Crippen molar-refractivity contribution >= 4 is 28.4 Å². The number of fused-ring (bicyclic) bond motifs is 1. The second-order valence-electron chi connectivity index (χ2n) is 4.68. The molecular formula is C16H14N2O2. The summed E-state index contributed by atoms with van der Waals surface area (Å²) in [5.74, 6) is -0.201. The maximum absolute atomic E-state index is 12.3. The molecule has 4 heteroatoms. The van der Waals surface area contributed by atoms with Crippen molar-refractivity contribution in [2.75, 3.05) is 18.0 Å². The zero-order valence-corrected chi connectivity index (χ0v) is 11.0. The number of urea groups is 1. The highest BCUT2D eigenvalue weighted by Gasteiger charge is 2.36. The lowest BCUT2D eigenvalue weighted by Gasteiger charge is -2.17. The lowest BCUT2D eigenvalue weighted by molar-refractivity contribution is -0.116. The summed E-state index contributed by atoms with van der Waals surface area (Å²) in [5, 5.41) is 1.91. The third kappa shape index (κ3) is 1.86. The fraction of sp³-hybridized carbons (Fsp3) is 0.125. The van der Waals surface area contributed by atoms with Crippen molar-refractivity contribution in [3.05, 3.63) is 55.1 Å². The Morgan fingerprint density at radius 2 is 1.85 bits per heavy atom. The molecule has 1 saturated heterocycles. The van der Waals surface area contributed by atoms with E-state index in [9.17, 15) is 9.59 Å². The van der Waals surface area contributed by atoms with E-state index in [2.05, 4.69) is 6.58 Å². The second kappa shape index (κ2) is 4.81. The van der Waals surface area contributed by atoms with Gasteiger partial charge in [-0.15, -0.1) is 6.58 Å². The summed E-state index contributed by atoms with van der Waals surface area (Å²) in [6.07, 6.45) is 1.62. The molecule has 100 valence electrons. The molecule has 2 aromatic rings. The quantitative estimate of drug-likeness (QED) is 0.633. The normalized spacial score (nSPS) is 15.2. The highest BCUT2D eigenvalue weighted by molar-refractivity contribution is 6.23. The SMILES string of the molecule is C=CCN1CC(=O)N(c2cccc3ccccc23)C1=O. The molecule has 0 saturated carbocycles. The standard InChI is InChI=1S/C16H14N2O2/c1-2-10-17-11-15(19)18(16(17)20)14-9-5-7-12-6-3-4-8-13(12)14/h2-9H,1,10-11H2. The van der Waals surface area contributed by atoms with Gasteiger partial charge in [0.15, 0.2) is 0 Å². The minimum Gasteiger partial charge on any atom is -0.311 e. The van der Waals surface area contributed by atoms with Crippen LogP contribution in [0.25, 0.3) is 10.8 Å². The number of carbonyl (C=O) groups is 2. The van der Waals surface area contributed by atoms with E-state index in [0.717, 1.165) is 10.8 Å². The fourth-order valence-corrected chi connectivity index (χ4v) is 2.49. The molecule has 0 aromatic heterocycles. The Morgan fingerprint density at radius 3 is 2.65 bits per heavy atom. The predicted molar refractivity (Wildman–Crippen MR) is 78.6 cm³/mol. The molecule has 1 heterocycles. The van der Waals surface area contributed by atoms with E-state index in [-0.39, 0.29) is 18.5 Å². The van der Waals surface area contributed by atoms with Crippen molar-refractivity contribution in [3.8, 4) is 0 Å². The summed E-state index contributed by atoms with van der Waals surface area (Å²) >= 11 is 0. The predicted octanol–water partition coefficient (Wildman–Crippen LogP) is 2.79. The molecule has 20 heavy (non-hydrogen) atoms. The summed E-state index contributed by atoms with van der Waals surface area (Å²) < 4.78 is 0. The number of anilines is 1. The Balaban J connectivity index is 2.09. The number of benzene rings is 2. The fourth-order valence-electron chi connectivity index (χ4n) is 2.49.